The molecule has 0 bridgehead atoms. The summed E-state index contributed by atoms with van der Waals surface area (Å²) in [6.45, 7) is 0. The van der Waals surface area contributed by atoms with Crippen molar-refractivity contribution >= 4 is 23.4 Å². The van der Waals surface area contributed by atoms with Crippen LogP contribution in [0.3, 0.4) is 0 Å². The number of nitrogens with one attached hydrogen (secondary N) is 1. The molecule has 0 fully saturated rings. The number of alkyl halides is 3. The second kappa shape index (κ2) is 6.54. The van der Waals surface area contributed by atoms with Gasteiger partial charge in [0.15, 0.2) is 0 Å². The molecule has 0 heterocycles. The summed E-state index contributed by atoms with van der Waals surface area (Å²) in [6.07, 6.45) is -4.60. The molecule has 0 aromatic heterocycles. The summed E-state index contributed by atoms with van der Waals surface area (Å²) in [6, 6.07) is 10.8. The van der Waals surface area contributed by atoms with Gasteiger partial charge in [-0.15, -0.1) is 0 Å². The first-order valence-electron chi connectivity index (χ1n) is 6.05. The van der Waals surface area contributed by atoms with Crippen LogP contribution in [0.5, 0.6) is 0 Å². The van der Waals surface area contributed by atoms with E-state index in [1.807, 2.05) is 5.40 Å². The molecule has 0 aliphatic rings. The number of nitriles is 1. The number of hydrogen-bond acceptors (Lipinski definition) is 3. The molecule has 2 aromatic carbocycles. The van der Waals surface area contributed by atoms with E-state index in [0.29, 0.717) is 10.6 Å². The number of rotatable bonds is 3. The SMILES string of the molecule is N#CSc1ccc(NC(=O)c2ccccc2C(F)(F)F)cc1. The second-order valence-electron chi connectivity index (χ2n) is 4.22. The van der Waals surface area contributed by atoms with Gasteiger partial charge in [-0.05, 0) is 48.2 Å². The van der Waals surface area contributed by atoms with Crippen molar-refractivity contribution in [3.63, 3.8) is 0 Å². The van der Waals surface area contributed by atoms with Gasteiger partial charge in [0, 0.05) is 10.6 Å². The third kappa shape index (κ3) is 3.80. The van der Waals surface area contributed by atoms with Crippen LogP contribution in [0.15, 0.2) is 53.4 Å². The van der Waals surface area contributed by atoms with Gasteiger partial charge in [0.25, 0.3) is 5.91 Å². The summed E-state index contributed by atoms with van der Waals surface area (Å²) < 4.78 is 38.6. The van der Waals surface area contributed by atoms with Gasteiger partial charge in [0.1, 0.15) is 5.40 Å². The van der Waals surface area contributed by atoms with Gasteiger partial charge >= 0.3 is 6.18 Å². The minimum atomic E-state index is -4.60. The van der Waals surface area contributed by atoms with E-state index in [-0.39, 0.29) is 0 Å². The van der Waals surface area contributed by atoms with Crippen molar-refractivity contribution in [2.24, 2.45) is 0 Å². The maximum Gasteiger partial charge on any atom is 0.417 e. The van der Waals surface area contributed by atoms with Crippen LogP contribution in [-0.4, -0.2) is 5.91 Å². The molecule has 3 nitrogen and oxygen atoms in total. The molecule has 0 saturated heterocycles. The van der Waals surface area contributed by atoms with E-state index in [4.69, 9.17) is 5.26 Å². The van der Waals surface area contributed by atoms with E-state index in [1.165, 1.54) is 24.3 Å². The molecule has 0 aliphatic carbocycles. The van der Waals surface area contributed by atoms with Crippen LogP contribution in [0, 0.1) is 10.7 Å². The lowest BCUT2D eigenvalue weighted by Gasteiger charge is -2.12. The number of thioether (sulfide) groups is 1. The maximum absolute atomic E-state index is 12.9. The number of anilines is 1. The molecular weight excluding hydrogens is 313 g/mol. The summed E-state index contributed by atoms with van der Waals surface area (Å²) in [5.74, 6) is -0.839. The highest BCUT2D eigenvalue weighted by atomic mass is 32.2. The molecule has 2 aromatic rings. The lowest BCUT2D eigenvalue weighted by molar-refractivity contribution is -0.137. The molecule has 2 rings (SSSR count). The third-order valence-corrected chi connectivity index (χ3v) is 3.35. The topological polar surface area (TPSA) is 52.9 Å². The predicted molar refractivity (Wildman–Crippen MR) is 77.3 cm³/mol. The fourth-order valence-electron chi connectivity index (χ4n) is 1.79. The van der Waals surface area contributed by atoms with Crippen molar-refractivity contribution < 1.29 is 18.0 Å². The third-order valence-electron chi connectivity index (χ3n) is 2.75. The smallest absolute Gasteiger partial charge is 0.322 e. The van der Waals surface area contributed by atoms with Crippen LogP contribution in [-0.2, 0) is 6.18 Å². The second-order valence-corrected chi connectivity index (χ2v) is 5.07. The van der Waals surface area contributed by atoms with E-state index >= 15 is 0 Å². The Labute approximate surface area is 128 Å². The number of thiocyanates is 1. The summed E-state index contributed by atoms with van der Waals surface area (Å²) in [4.78, 5) is 12.7. The highest BCUT2D eigenvalue weighted by molar-refractivity contribution is 8.03. The Bertz CT molecular complexity index is 721. The number of halogens is 3. The minimum Gasteiger partial charge on any atom is -0.322 e. The summed E-state index contributed by atoms with van der Waals surface area (Å²) in [5.41, 5.74) is -1.07. The van der Waals surface area contributed by atoms with Crippen LogP contribution < -0.4 is 5.32 Å². The Kier molecular flexibility index (Phi) is 4.73. The monoisotopic (exact) mass is 322 g/mol. The predicted octanol–water partition coefficient (Wildman–Crippen LogP) is 4.53. The van der Waals surface area contributed by atoms with Gasteiger partial charge in [0.05, 0.1) is 11.1 Å². The van der Waals surface area contributed by atoms with E-state index in [9.17, 15) is 18.0 Å². The molecule has 7 heteroatoms. The molecule has 1 N–H and O–H groups in total. The first-order valence-corrected chi connectivity index (χ1v) is 6.87. The fraction of sp³-hybridized carbons (Fsp3) is 0.0667. The van der Waals surface area contributed by atoms with Gasteiger partial charge < -0.3 is 5.32 Å². The quantitative estimate of drug-likeness (QED) is 0.667. The van der Waals surface area contributed by atoms with E-state index in [0.717, 1.165) is 23.9 Å². The average molecular weight is 322 g/mol. The van der Waals surface area contributed by atoms with Gasteiger partial charge in [-0.3, -0.25) is 4.79 Å². The number of amides is 1. The van der Waals surface area contributed by atoms with Gasteiger partial charge in [-0.1, -0.05) is 12.1 Å². The van der Waals surface area contributed by atoms with Crippen molar-refractivity contribution in [3.8, 4) is 5.40 Å². The standard InChI is InChI=1S/C15H9F3N2OS/c16-15(17,18)13-4-2-1-3-12(13)14(21)20-10-5-7-11(8-6-10)22-9-19/h1-8H,(H,20,21). The van der Waals surface area contributed by atoms with Gasteiger partial charge in [0.2, 0.25) is 0 Å². The maximum atomic E-state index is 12.9. The van der Waals surface area contributed by atoms with Crippen LogP contribution in [0.1, 0.15) is 15.9 Å². The zero-order chi connectivity index (χ0) is 16.2. The van der Waals surface area contributed by atoms with Crippen molar-refractivity contribution in [3.05, 3.63) is 59.7 Å². The van der Waals surface area contributed by atoms with Crippen molar-refractivity contribution in [1.82, 2.24) is 0 Å². The molecule has 1 amide bonds. The molecular formula is C15H9F3N2OS. The summed E-state index contributed by atoms with van der Waals surface area (Å²) in [7, 11) is 0. The lowest BCUT2D eigenvalue weighted by Crippen LogP contribution is -2.18. The first-order chi connectivity index (χ1) is 10.4. The molecule has 0 atom stereocenters. The number of benzene rings is 2. The molecule has 22 heavy (non-hydrogen) atoms. The van der Waals surface area contributed by atoms with E-state index in [2.05, 4.69) is 5.32 Å². The Morgan fingerprint density at radius 1 is 1.09 bits per heavy atom. The molecule has 0 saturated carbocycles. The summed E-state index contributed by atoms with van der Waals surface area (Å²) >= 11 is 0.949. The number of nitrogens with zero attached hydrogens (tertiary/aromatic N) is 1. The number of hydrogen-bond donors (Lipinski definition) is 1. The Hall–Kier alpha value is -2.46. The molecule has 0 radical (unpaired) electrons. The highest BCUT2D eigenvalue weighted by Crippen LogP contribution is 2.32. The van der Waals surface area contributed by atoms with Crippen LogP contribution >= 0.6 is 11.8 Å². The molecule has 0 unspecified atom stereocenters. The molecule has 112 valence electrons. The van der Waals surface area contributed by atoms with Crippen LogP contribution in [0.25, 0.3) is 0 Å². The van der Waals surface area contributed by atoms with Crippen molar-refractivity contribution in [1.29, 1.82) is 5.26 Å². The Balaban J connectivity index is 2.21. The van der Waals surface area contributed by atoms with Crippen molar-refractivity contribution in [2.75, 3.05) is 5.32 Å². The zero-order valence-electron chi connectivity index (χ0n) is 11.0. The molecule has 0 aliphatic heterocycles. The normalized spacial score (nSPS) is 10.8. The van der Waals surface area contributed by atoms with Crippen LogP contribution in [0.2, 0.25) is 0 Å². The summed E-state index contributed by atoms with van der Waals surface area (Å²) in [5, 5.41) is 12.8. The lowest BCUT2D eigenvalue weighted by atomic mass is 10.1. The van der Waals surface area contributed by atoms with Gasteiger partial charge in [-0.2, -0.15) is 18.4 Å². The minimum absolute atomic E-state index is 0.351. The zero-order valence-corrected chi connectivity index (χ0v) is 11.8. The largest absolute Gasteiger partial charge is 0.417 e. The average Bonchev–Trinajstić information content (AvgIpc) is 2.48. The van der Waals surface area contributed by atoms with Gasteiger partial charge in [-0.25, -0.2) is 0 Å². The first kappa shape index (κ1) is 15.9. The van der Waals surface area contributed by atoms with Crippen molar-refractivity contribution in [2.45, 2.75) is 11.1 Å². The van der Waals surface area contributed by atoms with E-state index < -0.39 is 23.2 Å². The number of carbonyl (C=O) groups is 1. The molecule has 0 spiro atoms. The number of carbonyl (C=O) groups excluding carboxylic acids is 1. The fourth-order valence-corrected chi connectivity index (χ4v) is 2.16. The van der Waals surface area contributed by atoms with E-state index in [1.54, 1.807) is 12.1 Å². The highest BCUT2D eigenvalue weighted by Gasteiger charge is 2.34. The Morgan fingerprint density at radius 3 is 2.32 bits per heavy atom. The Morgan fingerprint density at radius 2 is 1.73 bits per heavy atom. The van der Waals surface area contributed by atoms with Crippen LogP contribution in [0.4, 0.5) is 18.9 Å².